The molecule has 20 heavy (non-hydrogen) atoms. The molecule has 2 rings (SSSR count). The Balaban J connectivity index is 2.30. The lowest BCUT2D eigenvalue weighted by atomic mass is 10.1. The van der Waals surface area contributed by atoms with E-state index in [-0.39, 0.29) is 12.6 Å². The lowest BCUT2D eigenvalue weighted by molar-refractivity contribution is 0.231. The Bertz CT molecular complexity index is 477. The fourth-order valence-corrected chi connectivity index (χ4v) is 2.56. The number of benzene rings is 1. The largest absolute Gasteiger partial charge is 0.318 e. The molecule has 0 radical (unpaired) electrons. The maximum Gasteiger partial charge on any atom is 0.200 e. The van der Waals surface area contributed by atoms with E-state index < -0.39 is 34.6 Å². The van der Waals surface area contributed by atoms with Crippen molar-refractivity contribution in [3.63, 3.8) is 0 Å². The first-order chi connectivity index (χ1) is 9.47. The molecule has 0 saturated carbocycles. The van der Waals surface area contributed by atoms with Gasteiger partial charge in [0.15, 0.2) is 23.3 Å². The fraction of sp³-hybridized carbons (Fsp3) is 0.538. The molecular weight excluding hydrogens is 279 g/mol. The molecule has 0 bridgehead atoms. The van der Waals surface area contributed by atoms with Crippen molar-refractivity contribution in [2.24, 2.45) is 0 Å². The van der Waals surface area contributed by atoms with E-state index in [9.17, 15) is 22.0 Å². The molecule has 1 saturated heterocycles. The predicted molar refractivity (Wildman–Crippen MR) is 63.6 cm³/mol. The summed E-state index contributed by atoms with van der Waals surface area (Å²) in [5.74, 6) is -9.36. The zero-order valence-electron chi connectivity index (χ0n) is 10.9. The van der Waals surface area contributed by atoms with Gasteiger partial charge in [-0.15, -0.1) is 0 Å². The quantitative estimate of drug-likeness (QED) is 0.521. The first kappa shape index (κ1) is 15.2. The zero-order chi connectivity index (χ0) is 14.9. The molecular formula is C13H15F5N2. The highest BCUT2D eigenvalue weighted by atomic mass is 19.2. The summed E-state index contributed by atoms with van der Waals surface area (Å²) >= 11 is 0. The van der Waals surface area contributed by atoms with Crippen molar-refractivity contribution in [3.05, 3.63) is 34.6 Å². The van der Waals surface area contributed by atoms with Gasteiger partial charge >= 0.3 is 0 Å². The van der Waals surface area contributed by atoms with Crippen molar-refractivity contribution in [2.45, 2.75) is 25.4 Å². The fourth-order valence-electron chi connectivity index (χ4n) is 2.56. The van der Waals surface area contributed by atoms with E-state index in [4.69, 9.17) is 0 Å². The first-order valence-corrected chi connectivity index (χ1v) is 6.36. The summed E-state index contributed by atoms with van der Waals surface area (Å²) in [5, 5.41) is 2.95. The van der Waals surface area contributed by atoms with Crippen LogP contribution in [0.25, 0.3) is 0 Å². The molecule has 2 nitrogen and oxygen atoms in total. The molecule has 0 aliphatic carbocycles. The monoisotopic (exact) mass is 294 g/mol. The van der Waals surface area contributed by atoms with Gasteiger partial charge in [-0.25, -0.2) is 22.0 Å². The molecule has 1 aliphatic rings. The second-order valence-electron chi connectivity index (χ2n) is 4.87. The minimum absolute atomic E-state index is 0.0370. The lowest BCUT2D eigenvalue weighted by Crippen LogP contribution is -2.36. The third-order valence-corrected chi connectivity index (χ3v) is 3.60. The topological polar surface area (TPSA) is 15.3 Å². The summed E-state index contributed by atoms with van der Waals surface area (Å²) < 4.78 is 66.4. The van der Waals surface area contributed by atoms with Crippen LogP contribution in [0.1, 0.15) is 18.4 Å². The molecule has 1 heterocycles. The Morgan fingerprint density at radius 3 is 2.10 bits per heavy atom. The molecule has 1 aromatic rings. The van der Waals surface area contributed by atoms with Crippen molar-refractivity contribution in [3.8, 4) is 0 Å². The van der Waals surface area contributed by atoms with Crippen LogP contribution < -0.4 is 5.32 Å². The van der Waals surface area contributed by atoms with Crippen LogP contribution >= 0.6 is 0 Å². The van der Waals surface area contributed by atoms with Gasteiger partial charge in [-0.05, 0) is 26.4 Å². The van der Waals surface area contributed by atoms with Gasteiger partial charge in [0.25, 0.3) is 0 Å². The van der Waals surface area contributed by atoms with Gasteiger partial charge in [0.1, 0.15) is 0 Å². The molecule has 1 aromatic carbocycles. The summed E-state index contributed by atoms with van der Waals surface area (Å²) in [4.78, 5) is 1.73. The van der Waals surface area contributed by atoms with Gasteiger partial charge < -0.3 is 5.32 Å². The Morgan fingerprint density at radius 1 is 1.00 bits per heavy atom. The van der Waals surface area contributed by atoms with E-state index in [2.05, 4.69) is 5.32 Å². The number of rotatable bonds is 4. The molecule has 0 aromatic heterocycles. The smallest absolute Gasteiger partial charge is 0.200 e. The molecule has 1 N–H and O–H groups in total. The Labute approximate surface area is 113 Å². The highest BCUT2D eigenvalue weighted by Crippen LogP contribution is 2.27. The van der Waals surface area contributed by atoms with E-state index in [0.717, 1.165) is 12.8 Å². The average molecular weight is 294 g/mol. The highest BCUT2D eigenvalue weighted by Gasteiger charge is 2.30. The summed E-state index contributed by atoms with van der Waals surface area (Å²) in [5.41, 5.74) is -0.760. The zero-order valence-corrected chi connectivity index (χ0v) is 10.9. The number of likely N-dealkylation sites (tertiary alicyclic amines) is 1. The standard InChI is InChI=1S/C13H15F5N2/c1-19-5-7-3-2-4-20(7)6-8-9(14)11(16)13(18)12(17)10(8)15/h7,19H,2-6H2,1H3. The number of nitrogens with one attached hydrogen (secondary N) is 1. The molecule has 1 aliphatic heterocycles. The molecule has 0 spiro atoms. The van der Waals surface area contributed by atoms with Crippen LogP contribution in [-0.2, 0) is 6.54 Å². The Kier molecular flexibility index (Phi) is 4.59. The van der Waals surface area contributed by atoms with E-state index >= 15 is 0 Å². The van der Waals surface area contributed by atoms with Crippen LogP contribution in [0.4, 0.5) is 22.0 Å². The van der Waals surface area contributed by atoms with Crippen LogP contribution in [0.2, 0.25) is 0 Å². The highest BCUT2D eigenvalue weighted by molar-refractivity contribution is 5.24. The third-order valence-electron chi connectivity index (χ3n) is 3.60. The number of likely N-dealkylation sites (N-methyl/N-ethyl adjacent to an activating group) is 1. The Hall–Kier alpha value is -1.21. The van der Waals surface area contributed by atoms with E-state index in [1.54, 1.807) is 11.9 Å². The number of halogens is 5. The van der Waals surface area contributed by atoms with E-state index in [1.165, 1.54) is 0 Å². The van der Waals surface area contributed by atoms with Crippen LogP contribution in [0.15, 0.2) is 0 Å². The maximum atomic E-state index is 13.6. The summed E-state index contributed by atoms with van der Waals surface area (Å²) in [6, 6.07) is 0.0370. The summed E-state index contributed by atoms with van der Waals surface area (Å²) in [7, 11) is 1.74. The normalized spacial score (nSPS) is 19.8. The minimum atomic E-state index is -2.11. The van der Waals surface area contributed by atoms with Gasteiger partial charge in [-0.2, -0.15) is 0 Å². The van der Waals surface area contributed by atoms with Crippen LogP contribution in [0.5, 0.6) is 0 Å². The molecule has 1 fully saturated rings. The molecule has 7 heteroatoms. The number of hydrogen-bond acceptors (Lipinski definition) is 2. The van der Waals surface area contributed by atoms with Crippen LogP contribution in [0, 0.1) is 29.1 Å². The molecule has 1 unspecified atom stereocenters. The molecule has 112 valence electrons. The van der Waals surface area contributed by atoms with Crippen LogP contribution in [-0.4, -0.2) is 31.1 Å². The SMILES string of the molecule is CNCC1CCCN1Cc1c(F)c(F)c(F)c(F)c1F. The Morgan fingerprint density at radius 2 is 1.55 bits per heavy atom. The van der Waals surface area contributed by atoms with Crippen molar-refractivity contribution in [2.75, 3.05) is 20.1 Å². The minimum Gasteiger partial charge on any atom is -0.318 e. The number of nitrogens with zero attached hydrogens (tertiary/aromatic N) is 1. The summed E-state index contributed by atoms with van der Waals surface area (Å²) in [6.07, 6.45) is 1.66. The molecule has 1 atom stereocenters. The van der Waals surface area contributed by atoms with Gasteiger partial charge in [0.05, 0.1) is 0 Å². The van der Waals surface area contributed by atoms with E-state index in [1.807, 2.05) is 0 Å². The lowest BCUT2D eigenvalue weighted by Gasteiger charge is -2.24. The van der Waals surface area contributed by atoms with Crippen molar-refractivity contribution >= 4 is 0 Å². The second kappa shape index (κ2) is 6.05. The van der Waals surface area contributed by atoms with Crippen LogP contribution in [0.3, 0.4) is 0 Å². The predicted octanol–water partition coefficient (Wildman–Crippen LogP) is 2.57. The first-order valence-electron chi connectivity index (χ1n) is 6.36. The van der Waals surface area contributed by atoms with Gasteiger partial charge in [-0.1, -0.05) is 0 Å². The van der Waals surface area contributed by atoms with Crippen molar-refractivity contribution in [1.29, 1.82) is 0 Å². The second-order valence-corrected chi connectivity index (χ2v) is 4.87. The third kappa shape index (κ3) is 2.64. The van der Waals surface area contributed by atoms with E-state index in [0.29, 0.717) is 13.1 Å². The average Bonchev–Trinajstić information content (AvgIpc) is 2.87. The van der Waals surface area contributed by atoms with Crippen molar-refractivity contribution in [1.82, 2.24) is 10.2 Å². The van der Waals surface area contributed by atoms with Gasteiger partial charge in [0.2, 0.25) is 5.82 Å². The summed E-state index contributed by atoms with van der Waals surface area (Å²) in [6.45, 7) is 0.902. The van der Waals surface area contributed by atoms with Gasteiger partial charge in [-0.3, -0.25) is 4.90 Å². The number of hydrogen-bond donors (Lipinski definition) is 1. The maximum absolute atomic E-state index is 13.6. The molecule has 0 amide bonds. The van der Waals surface area contributed by atoms with Gasteiger partial charge in [0, 0.05) is 24.7 Å². The van der Waals surface area contributed by atoms with Crippen molar-refractivity contribution < 1.29 is 22.0 Å².